The second kappa shape index (κ2) is 8.23. The first kappa shape index (κ1) is 19.3. The van der Waals surface area contributed by atoms with E-state index in [1.54, 1.807) is 0 Å². The van der Waals surface area contributed by atoms with Gasteiger partial charge in [-0.3, -0.25) is 9.59 Å². The number of carbonyl (C=O) groups excluding carboxylic acids is 2. The lowest BCUT2D eigenvalue weighted by Crippen LogP contribution is -2.51. The monoisotopic (exact) mass is 404 g/mol. The highest BCUT2D eigenvalue weighted by Crippen LogP contribution is 2.33. The normalized spacial score (nSPS) is 21.9. The zero-order valence-corrected chi connectivity index (χ0v) is 17.2. The third-order valence-electron chi connectivity index (χ3n) is 6.76. The zero-order chi connectivity index (χ0) is 20.5. The second-order valence-corrected chi connectivity index (χ2v) is 8.76. The fourth-order valence-electron chi connectivity index (χ4n) is 5.18. The fraction of sp³-hybridized carbons (Fsp3) is 0.440. The molecule has 1 aliphatic carbocycles. The Morgan fingerprint density at radius 3 is 2.30 bits per heavy atom. The molecule has 5 heteroatoms. The third kappa shape index (κ3) is 3.74. The van der Waals surface area contributed by atoms with Crippen molar-refractivity contribution in [2.45, 2.75) is 44.2 Å². The number of amides is 2. The average Bonchev–Trinajstić information content (AvgIpc) is 3.17. The highest BCUT2D eigenvalue weighted by molar-refractivity contribution is 5.92. The summed E-state index contributed by atoms with van der Waals surface area (Å²) in [6.45, 7) is 2.10. The van der Waals surface area contributed by atoms with Crippen molar-refractivity contribution in [1.29, 1.82) is 0 Å². The number of carbonyl (C=O) groups is 2. The van der Waals surface area contributed by atoms with Gasteiger partial charge >= 0.3 is 0 Å². The number of nitrogens with zero attached hydrogens (tertiary/aromatic N) is 1. The first-order chi connectivity index (χ1) is 14.7. The topological polar surface area (TPSA) is 58.6 Å². The number of nitrogens with one attached hydrogen (secondary N) is 1. The summed E-state index contributed by atoms with van der Waals surface area (Å²) in [4.78, 5) is 28.4. The predicted octanol–water partition coefficient (Wildman–Crippen LogP) is 2.82. The molecule has 0 spiro atoms. The van der Waals surface area contributed by atoms with E-state index in [-0.39, 0.29) is 17.9 Å². The molecular weight excluding hydrogens is 376 g/mol. The van der Waals surface area contributed by atoms with Crippen molar-refractivity contribution in [2.75, 3.05) is 19.8 Å². The van der Waals surface area contributed by atoms with E-state index in [9.17, 15) is 9.59 Å². The number of benzene rings is 2. The minimum atomic E-state index is -0.547. The number of hydrogen-bond acceptors (Lipinski definition) is 3. The van der Waals surface area contributed by atoms with E-state index in [0.29, 0.717) is 18.9 Å². The van der Waals surface area contributed by atoms with Gasteiger partial charge in [-0.05, 0) is 53.9 Å². The molecule has 0 bridgehead atoms. The van der Waals surface area contributed by atoms with E-state index in [0.717, 1.165) is 50.0 Å². The highest BCUT2D eigenvalue weighted by Gasteiger charge is 2.39. The summed E-state index contributed by atoms with van der Waals surface area (Å²) >= 11 is 0. The van der Waals surface area contributed by atoms with Crippen LogP contribution in [0.1, 0.15) is 41.1 Å². The Morgan fingerprint density at radius 2 is 1.60 bits per heavy atom. The van der Waals surface area contributed by atoms with Gasteiger partial charge in [0.2, 0.25) is 11.8 Å². The van der Waals surface area contributed by atoms with Gasteiger partial charge in [-0.2, -0.15) is 0 Å². The summed E-state index contributed by atoms with van der Waals surface area (Å²) in [6, 6.07) is 15.8. The first-order valence-corrected chi connectivity index (χ1v) is 11.0. The molecule has 1 N–H and O–H groups in total. The standard InChI is InChI=1S/C25H28N2O3/c28-23-15-20-7-3-4-8-22(20)24(27(23)16-17-9-11-30-12-10-17)25(29)26-21-13-18-5-1-2-6-19(18)14-21/h1-8,17,21,24H,9-16H2,(H,26,29). The zero-order valence-electron chi connectivity index (χ0n) is 17.2. The van der Waals surface area contributed by atoms with E-state index in [1.165, 1.54) is 11.1 Å². The number of ether oxygens (including phenoxy) is 1. The van der Waals surface area contributed by atoms with E-state index >= 15 is 0 Å². The molecule has 5 nitrogen and oxygen atoms in total. The third-order valence-corrected chi connectivity index (χ3v) is 6.76. The number of rotatable bonds is 4. The Kier molecular flexibility index (Phi) is 5.30. The predicted molar refractivity (Wildman–Crippen MR) is 114 cm³/mol. The molecule has 3 aliphatic rings. The maximum atomic E-state index is 13.5. The quantitative estimate of drug-likeness (QED) is 0.853. The maximum absolute atomic E-state index is 13.5. The van der Waals surface area contributed by atoms with Crippen LogP contribution in [0, 0.1) is 5.92 Å². The lowest BCUT2D eigenvalue weighted by atomic mass is 9.89. The Morgan fingerprint density at radius 1 is 0.967 bits per heavy atom. The second-order valence-electron chi connectivity index (χ2n) is 8.76. The van der Waals surface area contributed by atoms with Crippen LogP contribution in [0.3, 0.4) is 0 Å². The summed E-state index contributed by atoms with van der Waals surface area (Å²) in [5.41, 5.74) is 4.56. The summed E-state index contributed by atoms with van der Waals surface area (Å²) in [5, 5.41) is 3.27. The number of hydrogen-bond donors (Lipinski definition) is 1. The van der Waals surface area contributed by atoms with Gasteiger partial charge < -0.3 is 15.0 Å². The minimum Gasteiger partial charge on any atom is -0.381 e. The Balaban J connectivity index is 1.38. The molecular formula is C25H28N2O3. The van der Waals surface area contributed by atoms with Crippen LogP contribution in [0.2, 0.25) is 0 Å². The maximum Gasteiger partial charge on any atom is 0.247 e. The van der Waals surface area contributed by atoms with Crippen LogP contribution >= 0.6 is 0 Å². The van der Waals surface area contributed by atoms with Crippen molar-refractivity contribution in [3.63, 3.8) is 0 Å². The van der Waals surface area contributed by atoms with Gasteiger partial charge in [0.25, 0.3) is 0 Å². The van der Waals surface area contributed by atoms with Gasteiger partial charge in [-0.15, -0.1) is 0 Å². The van der Waals surface area contributed by atoms with Crippen LogP contribution in [-0.4, -0.2) is 42.5 Å². The summed E-state index contributed by atoms with van der Waals surface area (Å²) in [5.74, 6) is 0.384. The van der Waals surface area contributed by atoms with E-state index in [4.69, 9.17) is 4.74 Å². The molecule has 156 valence electrons. The van der Waals surface area contributed by atoms with Crippen LogP contribution in [0.15, 0.2) is 48.5 Å². The average molecular weight is 405 g/mol. The van der Waals surface area contributed by atoms with Crippen molar-refractivity contribution in [1.82, 2.24) is 10.2 Å². The van der Waals surface area contributed by atoms with Crippen LogP contribution in [0.4, 0.5) is 0 Å². The van der Waals surface area contributed by atoms with Crippen molar-refractivity contribution < 1.29 is 14.3 Å². The van der Waals surface area contributed by atoms with Crippen LogP contribution in [0.25, 0.3) is 0 Å². The van der Waals surface area contributed by atoms with Gasteiger partial charge in [0.05, 0.1) is 6.42 Å². The molecule has 1 unspecified atom stereocenters. The van der Waals surface area contributed by atoms with E-state index in [1.807, 2.05) is 29.2 Å². The Hall–Kier alpha value is -2.66. The van der Waals surface area contributed by atoms with Gasteiger partial charge in [0, 0.05) is 25.8 Å². The largest absolute Gasteiger partial charge is 0.381 e. The van der Waals surface area contributed by atoms with Crippen molar-refractivity contribution in [3.05, 3.63) is 70.8 Å². The molecule has 2 aromatic rings. The van der Waals surface area contributed by atoms with Gasteiger partial charge in [0.1, 0.15) is 6.04 Å². The van der Waals surface area contributed by atoms with Crippen LogP contribution < -0.4 is 5.32 Å². The lowest BCUT2D eigenvalue weighted by Gasteiger charge is -2.39. The first-order valence-electron chi connectivity index (χ1n) is 11.0. The molecule has 1 atom stereocenters. The molecule has 30 heavy (non-hydrogen) atoms. The molecule has 0 radical (unpaired) electrons. The van der Waals surface area contributed by atoms with Gasteiger partial charge in [-0.1, -0.05) is 48.5 Å². The molecule has 1 saturated heterocycles. The van der Waals surface area contributed by atoms with Crippen molar-refractivity contribution in [2.24, 2.45) is 5.92 Å². The molecule has 2 aliphatic heterocycles. The smallest absolute Gasteiger partial charge is 0.247 e. The summed E-state index contributed by atoms with van der Waals surface area (Å²) in [7, 11) is 0. The summed E-state index contributed by atoms with van der Waals surface area (Å²) < 4.78 is 5.48. The lowest BCUT2D eigenvalue weighted by molar-refractivity contribution is -0.143. The molecule has 2 aromatic carbocycles. The fourth-order valence-corrected chi connectivity index (χ4v) is 5.18. The highest BCUT2D eigenvalue weighted by atomic mass is 16.5. The Bertz CT molecular complexity index is 926. The Labute approximate surface area is 177 Å². The molecule has 0 saturated carbocycles. The molecule has 2 amide bonds. The molecule has 5 rings (SSSR count). The SMILES string of the molecule is O=C(NC1Cc2ccccc2C1)C1c2ccccc2CC(=O)N1CC1CCOCC1. The van der Waals surface area contributed by atoms with Gasteiger partial charge in [0.15, 0.2) is 0 Å². The molecule has 2 heterocycles. The molecule has 0 aromatic heterocycles. The summed E-state index contributed by atoms with van der Waals surface area (Å²) in [6.07, 6.45) is 3.96. The van der Waals surface area contributed by atoms with Crippen LogP contribution in [0.5, 0.6) is 0 Å². The minimum absolute atomic E-state index is 0.0510. The van der Waals surface area contributed by atoms with Crippen LogP contribution in [-0.2, 0) is 33.6 Å². The van der Waals surface area contributed by atoms with Crippen molar-refractivity contribution in [3.8, 4) is 0 Å². The van der Waals surface area contributed by atoms with E-state index < -0.39 is 6.04 Å². The van der Waals surface area contributed by atoms with E-state index in [2.05, 4.69) is 29.6 Å². The number of fused-ring (bicyclic) bond motifs is 2. The van der Waals surface area contributed by atoms with Crippen molar-refractivity contribution >= 4 is 11.8 Å². The molecule has 1 fully saturated rings. The van der Waals surface area contributed by atoms with Gasteiger partial charge in [-0.25, -0.2) is 0 Å².